The maximum absolute atomic E-state index is 12.8. The van der Waals surface area contributed by atoms with Gasteiger partial charge in [0.1, 0.15) is 10.9 Å². The summed E-state index contributed by atoms with van der Waals surface area (Å²) in [6, 6.07) is 9.23. The van der Waals surface area contributed by atoms with Crippen molar-refractivity contribution in [2.45, 2.75) is 31.6 Å². The fraction of sp³-hybridized carbons (Fsp3) is 0.375. The van der Waals surface area contributed by atoms with E-state index in [0.717, 1.165) is 24.2 Å². The third kappa shape index (κ3) is 3.44. The van der Waals surface area contributed by atoms with Crippen molar-refractivity contribution in [2.75, 3.05) is 6.54 Å². The molecule has 2 aromatic rings. The summed E-state index contributed by atoms with van der Waals surface area (Å²) in [7, 11) is -3.43. The first-order valence-corrected chi connectivity index (χ1v) is 9.89. The highest BCUT2D eigenvalue weighted by atomic mass is 32.2. The Balaban J connectivity index is 1.85. The van der Waals surface area contributed by atoms with Crippen LogP contribution < -0.4 is 0 Å². The molecular weight excluding hydrogens is 330 g/mol. The predicted octanol–water partition coefficient (Wildman–Crippen LogP) is 2.99. The van der Waals surface area contributed by atoms with Crippen LogP contribution >= 0.6 is 11.3 Å². The Kier molecular flexibility index (Phi) is 4.48. The van der Waals surface area contributed by atoms with Crippen molar-refractivity contribution in [1.82, 2.24) is 9.29 Å². The number of sulfonamides is 1. The standard InChI is InChI=1S/C16H17N3O2S2/c1-12-4-2-5-15(18-12)16-6-3-7-19(16)23(20,21)11-13-8-14(9-17)22-10-13/h2,4-5,8,10,16H,3,6-7,11H2,1H3. The summed E-state index contributed by atoms with van der Waals surface area (Å²) < 4.78 is 27.1. The number of rotatable bonds is 4. The number of hydrogen-bond acceptors (Lipinski definition) is 5. The Morgan fingerprint density at radius 1 is 1.48 bits per heavy atom. The van der Waals surface area contributed by atoms with Gasteiger partial charge in [-0.05, 0) is 48.9 Å². The topological polar surface area (TPSA) is 74.1 Å². The van der Waals surface area contributed by atoms with Gasteiger partial charge in [0.05, 0.1) is 17.5 Å². The first-order chi connectivity index (χ1) is 11.0. The van der Waals surface area contributed by atoms with Gasteiger partial charge in [-0.15, -0.1) is 11.3 Å². The first kappa shape index (κ1) is 16.1. The third-order valence-electron chi connectivity index (χ3n) is 3.93. The SMILES string of the molecule is Cc1cccc(C2CCCN2S(=O)(=O)Cc2csc(C#N)c2)n1. The molecular formula is C16H17N3O2S2. The lowest BCUT2D eigenvalue weighted by Gasteiger charge is -2.23. The minimum atomic E-state index is -3.43. The van der Waals surface area contributed by atoms with Crippen LogP contribution in [0.1, 0.15) is 40.7 Å². The van der Waals surface area contributed by atoms with Crippen LogP contribution in [0.15, 0.2) is 29.6 Å². The number of pyridine rings is 1. The van der Waals surface area contributed by atoms with Gasteiger partial charge in [0, 0.05) is 12.2 Å². The molecule has 0 amide bonds. The highest BCUT2D eigenvalue weighted by Gasteiger charge is 2.36. The molecule has 1 fully saturated rings. The average Bonchev–Trinajstić information content (AvgIpc) is 3.15. The van der Waals surface area contributed by atoms with Crippen LogP contribution in [-0.4, -0.2) is 24.3 Å². The molecule has 0 N–H and O–H groups in total. The molecule has 1 saturated heterocycles. The second-order valence-electron chi connectivity index (χ2n) is 5.66. The summed E-state index contributed by atoms with van der Waals surface area (Å²) in [6.45, 7) is 2.43. The second kappa shape index (κ2) is 6.40. The van der Waals surface area contributed by atoms with Gasteiger partial charge >= 0.3 is 0 Å². The molecule has 1 aliphatic heterocycles. The number of aryl methyl sites for hydroxylation is 1. The van der Waals surface area contributed by atoms with Crippen molar-refractivity contribution < 1.29 is 8.42 Å². The lowest BCUT2D eigenvalue weighted by Crippen LogP contribution is -2.32. The number of aromatic nitrogens is 1. The zero-order valence-corrected chi connectivity index (χ0v) is 14.4. The van der Waals surface area contributed by atoms with E-state index in [4.69, 9.17) is 5.26 Å². The van der Waals surface area contributed by atoms with Crippen molar-refractivity contribution in [3.8, 4) is 6.07 Å². The summed E-state index contributed by atoms with van der Waals surface area (Å²) in [6.07, 6.45) is 1.63. The van der Waals surface area contributed by atoms with Crippen LogP contribution in [-0.2, 0) is 15.8 Å². The Morgan fingerprint density at radius 2 is 2.30 bits per heavy atom. The minimum Gasteiger partial charge on any atom is -0.256 e. The van der Waals surface area contributed by atoms with Crippen LogP contribution in [0.4, 0.5) is 0 Å². The van der Waals surface area contributed by atoms with Crippen molar-refractivity contribution in [3.63, 3.8) is 0 Å². The molecule has 1 aliphatic rings. The van der Waals surface area contributed by atoms with Gasteiger partial charge in [0.15, 0.2) is 0 Å². The van der Waals surface area contributed by atoms with E-state index in [1.54, 1.807) is 15.8 Å². The fourth-order valence-electron chi connectivity index (χ4n) is 2.92. The van der Waals surface area contributed by atoms with E-state index in [2.05, 4.69) is 4.98 Å². The molecule has 1 atom stereocenters. The van der Waals surface area contributed by atoms with Crippen LogP contribution in [0, 0.1) is 18.3 Å². The molecule has 120 valence electrons. The van der Waals surface area contributed by atoms with Gasteiger partial charge in [-0.1, -0.05) is 6.07 Å². The highest BCUT2D eigenvalue weighted by molar-refractivity contribution is 7.88. The molecule has 0 aliphatic carbocycles. The summed E-state index contributed by atoms with van der Waals surface area (Å²) >= 11 is 1.28. The Bertz CT molecular complexity index is 852. The van der Waals surface area contributed by atoms with Crippen LogP contribution in [0.5, 0.6) is 0 Å². The Hall–Kier alpha value is -1.75. The van der Waals surface area contributed by atoms with Gasteiger partial charge in [-0.25, -0.2) is 8.42 Å². The smallest absolute Gasteiger partial charge is 0.218 e. The number of hydrogen-bond donors (Lipinski definition) is 0. The third-order valence-corrected chi connectivity index (χ3v) is 6.66. The van der Waals surface area contributed by atoms with Crippen LogP contribution in [0.2, 0.25) is 0 Å². The molecule has 0 bridgehead atoms. The molecule has 1 unspecified atom stereocenters. The Labute approximate surface area is 140 Å². The molecule has 3 heterocycles. The van der Waals surface area contributed by atoms with Crippen molar-refractivity contribution in [1.29, 1.82) is 5.26 Å². The second-order valence-corrected chi connectivity index (χ2v) is 8.49. The van der Waals surface area contributed by atoms with E-state index in [1.807, 2.05) is 31.2 Å². The van der Waals surface area contributed by atoms with E-state index in [0.29, 0.717) is 17.0 Å². The zero-order valence-electron chi connectivity index (χ0n) is 12.8. The molecule has 3 rings (SSSR count). The molecule has 5 nitrogen and oxygen atoms in total. The summed E-state index contributed by atoms with van der Waals surface area (Å²) in [5.74, 6) is -0.0620. The fourth-order valence-corrected chi connectivity index (χ4v) is 5.49. The van der Waals surface area contributed by atoms with Gasteiger partial charge < -0.3 is 0 Å². The van der Waals surface area contributed by atoms with Crippen LogP contribution in [0.25, 0.3) is 0 Å². The normalized spacial score (nSPS) is 18.9. The molecule has 7 heteroatoms. The van der Waals surface area contributed by atoms with E-state index in [1.165, 1.54) is 11.3 Å². The van der Waals surface area contributed by atoms with Gasteiger partial charge in [-0.3, -0.25) is 4.98 Å². The number of nitriles is 1. The van der Waals surface area contributed by atoms with Gasteiger partial charge in [0.2, 0.25) is 10.0 Å². The summed E-state index contributed by atoms with van der Waals surface area (Å²) in [4.78, 5) is 5.03. The first-order valence-electron chi connectivity index (χ1n) is 7.40. The van der Waals surface area contributed by atoms with E-state index >= 15 is 0 Å². The maximum atomic E-state index is 12.8. The molecule has 0 radical (unpaired) electrons. The van der Waals surface area contributed by atoms with Gasteiger partial charge in [0.25, 0.3) is 0 Å². The highest BCUT2D eigenvalue weighted by Crippen LogP contribution is 2.34. The average molecular weight is 347 g/mol. The van der Waals surface area contributed by atoms with E-state index < -0.39 is 10.0 Å². The van der Waals surface area contributed by atoms with E-state index in [-0.39, 0.29) is 11.8 Å². The summed E-state index contributed by atoms with van der Waals surface area (Å²) in [5, 5.41) is 10.6. The minimum absolute atomic E-state index is 0.0620. The number of nitrogens with zero attached hydrogens (tertiary/aromatic N) is 3. The van der Waals surface area contributed by atoms with Crippen molar-refractivity contribution in [2.24, 2.45) is 0 Å². The molecule has 0 spiro atoms. The van der Waals surface area contributed by atoms with E-state index in [9.17, 15) is 8.42 Å². The maximum Gasteiger partial charge on any atom is 0.218 e. The lowest BCUT2D eigenvalue weighted by atomic mass is 10.1. The van der Waals surface area contributed by atoms with Gasteiger partial charge in [-0.2, -0.15) is 9.57 Å². The van der Waals surface area contributed by atoms with Crippen molar-refractivity contribution in [3.05, 3.63) is 51.5 Å². The zero-order chi connectivity index (χ0) is 16.4. The molecule has 23 heavy (non-hydrogen) atoms. The molecule has 2 aromatic heterocycles. The van der Waals surface area contributed by atoms with Crippen LogP contribution in [0.3, 0.4) is 0 Å². The van der Waals surface area contributed by atoms with Crippen molar-refractivity contribution >= 4 is 21.4 Å². The molecule has 0 saturated carbocycles. The molecule has 0 aromatic carbocycles. The number of thiophene rings is 1. The lowest BCUT2D eigenvalue weighted by molar-refractivity contribution is 0.389. The summed E-state index contributed by atoms with van der Waals surface area (Å²) in [5.41, 5.74) is 2.38. The largest absolute Gasteiger partial charge is 0.256 e. The quantitative estimate of drug-likeness (QED) is 0.852. The predicted molar refractivity (Wildman–Crippen MR) is 89.3 cm³/mol. The monoisotopic (exact) mass is 347 g/mol. The Morgan fingerprint density at radius 3 is 3.00 bits per heavy atom.